The second-order valence-corrected chi connectivity index (χ2v) is 8.54. The van der Waals surface area contributed by atoms with Crippen LogP contribution in [0.25, 0.3) is 0 Å². The molecule has 1 N–H and O–H groups in total. The third-order valence-electron chi connectivity index (χ3n) is 4.69. The summed E-state index contributed by atoms with van der Waals surface area (Å²) in [5.74, 6) is 0. The molecule has 4 heteroatoms. The second-order valence-electron chi connectivity index (χ2n) is 7.68. The average Bonchev–Trinajstić information content (AvgIpc) is 2.88. The molecular weight excluding hydrogens is 278 g/mol. The quantitative estimate of drug-likeness (QED) is 0.897. The van der Waals surface area contributed by atoms with Gasteiger partial charge in [-0.3, -0.25) is 0 Å². The van der Waals surface area contributed by atoms with Crippen molar-refractivity contribution in [1.82, 2.24) is 15.2 Å². The van der Waals surface area contributed by atoms with Crippen LogP contribution in [0, 0.1) is 0 Å². The maximum atomic E-state index is 4.77. The fourth-order valence-corrected chi connectivity index (χ4v) is 4.06. The number of nitrogens with zero attached hydrogens (tertiary/aromatic N) is 2. The van der Waals surface area contributed by atoms with E-state index in [4.69, 9.17) is 4.98 Å². The average molecular weight is 310 g/mol. The first kappa shape index (κ1) is 16.9. The van der Waals surface area contributed by atoms with Gasteiger partial charge in [0.15, 0.2) is 0 Å². The van der Waals surface area contributed by atoms with Crippen LogP contribution in [0.2, 0.25) is 0 Å². The Morgan fingerprint density at radius 2 is 1.90 bits per heavy atom. The number of likely N-dealkylation sites (N-methyl/N-ethyl adjacent to an activating group) is 1. The van der Waals surface area contributed by atoms with Gasteiger partial charge >= 0.3 is 0 Å². The summed E-state index contributed by atoms with van der Waals surface area (Å²) in [7, 11) is 4.46. The molecule has 1 heterocycles. The van der Waals surface area contributed by atoms with Crippen LogP contribution in [-0.2, 0) is 12.0 Å². The van der Waals surface area contributed by atoms with E-state index >= 15 is 0 Å². The van der Waals surface area contributed by atoms with Gasteiger partial charge in [-0.2, -0.15) is 0 Å². The van der Waals surface area contributed by atoms with Crippen molar-refractivity contribution in [2.75, 3.05) is 20.6 Å². The predicted molar refractivity (Wildman–Crippen MR) is 92.0 cm³/mol. The third kappa shape index (κ3) is 4.27. The first-order valence-electron chi connectivity index (χ1n) is 8.17. The molecule has 2 rings (SSSR count). The van der Waals surface area contributed by atoms with Crippen LogP contribution in [0.3, 0.4) is 0 Å². The fraction of sp³-hybridized carbons (Fsp3) is 0.824. The Kier molecular flexibility index (Phi) is 5.44. The van der Waals surface area contributed by atoms with Gasteiger partial charge in [0.25, 0.3) is 0 Å². The summed E-state index contributed by atoms with van der Waals surface area (Å²) in [5.41, 5.74) is 1.70. The summed E-state index contributed by atoms with van der Waals surface area (Å²) >= 11 is 1.79. The van der Waals surface area contributed by atoms with Crippen molar-refractivity contribution in [2.45, 2.75) is 70.4 Å². The van der Waals surface area contributed by atoms with E-state index in [1.165, 1.54) is 42.8 Å². The van der Waals surface area contributed by atoms with Crippen LogP contribution in [0.4, 0.5) is 0 Å². The van der Waals surface area contributed by atoms with E-state index < -0.39 is 0 Å². The van der Waals surface area contributed by atoms with Gasteiger partial charge in [0.1, 0.15) is 0 Å². The van der Waals surface area contributed by atoms with E-state index in [9.17, 15) is 0 Å². The van der Waals surface area contributed by atoms with Crippen LogP contribution in [0.15, 0.2) is 5.38 Å². The highest BCUT2D eigenvalue weighted by molar-refractivity contribution is 7.09. The lowest BCUT2D eigenvalue weighted by atomic mass is 9.80. The molecule has 120 valence electrons. The molecule has 3 nitrogen and oxygen atoms in total. The van der Waals surface area contributed by atoms with Gasteiger partial charge in [-0.25, -0.2) is 4.98 Å². The SMILES string of the molecule is CN(C)C1(CNCc2csc(C(C)(C)C)n2)CCCCC1. The zero-order chi connectivity index (χ0) is 15.5. The lowest BCUT2D eigenvalue weighted by Gasteiger charge is -2.43. The van der Waals surface area contributed by atoms with Crippen LogP contribution >= 0.6 is 11.3 Å². The summed E-state index contributed by atoms with van der Waals surface area (Å²) in [6, 6.07) is 0. The van der Waals surface area contributed by atoms with Gasteiger partial charge in [-0.15, -0.1) is 11.3 Å². The number of hydrogen-bond acceptors (Lipinski definition) is 4. The van der Waals surface area contributed by atoms with Crippen molar-refractivity contribution in [1.29, 1.82) is 0 Å². The molecule has 1 aliphatic rings. The Balaban J connectivity index is 1.89. The number of nitrogens with one attached hydrogen (secondary N) is 1. The lowest BCUT2D eigenvalue weighted by molar-refractivity contribution is 0.0983. The minimum atomic E-state index is 0.164. The second kappa shape index (κ2) is 6.76. The first-order chi connectivity index (χ1) is 9.83. The Morgan fingerprint density at radius 1 is 1.24 bits per heavy atom. The molecule has 1 aliphatic carbocycles. The number of thiazole rings is 1. The third-order valence-corrected chi connectivity index (χ3v) is 6.00. The Labute approximate surface area is 134 Å². The molecule has 0 aliphatic heterocycles. The fourth-order valence-electron chi connectivity index (χ4n) is 3.15. The van der Waals surface area contributed by atoms with Gasteiger partial charge in [0.2, 0.25) is 0 Å². The molecule has 0 aromatic carbocycles. The van der Waals surface area contributed by atoms with Gasteiger partial charge in [-0.05, 0) is 26.9 Å². The number of hydrogen-bond donors (Lipinski definition) is 1. The summed E-state index contributed by atoms with van der Waals surface area (Å²) in [4.78, 5) is 7.21. The molecule has 0 spiro atoms. The molecule has 0 saturated heterocycles. The predicted octanol–water partition coefficient (Wildman–Crippen LogP) is 3.79. The zero-order valence-corrected chi connectivity index (χ0v) is 15.1. The summed E-state index contributed by atoms with van der Waals surface area (Å²) < 4.78 is 0. The van der Waals surface area contributed by atoms with E-state index in [2.05, 4.69) is 50.5 Å². The normalized spacial score (nSPS) is 19.1. The molecule has 21 heavy (non-hydrogen) atoms. The van der Waals surface area contributed by atoms with Gasteiger partial charge in [0.05, 0.1) is 10.7 Å². The monoisotopic (exact) mass is 309 g/mol. The van der Waals surface area contributed by atoms with Crippen molar-refractivity contribution in [3.8, 4) is 0 Å². The first-order valence-corrected chi connectivity index (χ1v) is 9.04. The summed E-state index contributed by atoms with van der Waals surface area (Å²) in [5, 5.41) is 7.10. The van der Waals surface area contributed by atoms with Gasteiger partial charge in [0, 0.05) is 29.4 Å². The lowest BCUT2D eigenvalue weighted by Crippen LogP contribution is -2.52. The molecule has 0 radical (unpaired) electrons. The Bertz CT molecular complexity index is 439. The maximum Gasteiger partial charge on any atom is 0.0982 e. The van der Waals surface area contributed by atoms with Crippen LogP contribution < -0.4 is 5.32 Å². The minimum absolute atomic E-state index is 0.164. The van der Waals surface area contributed by atoms with Crippen molar-refractivity contribution in [3.63, 3.8) is 0 Å². The number of aromatic nitrogens is 1. The molecule has 0 atom stereocenters. The summed E-state index contributed by atoms with van der Waals surface area (Å²) in [6.45, 7) is 8.65. The number of rotatable bonds is 5. The molecular formula is C17H31N3S. The zero-order valence-electron chi connectivity index (χ0n) is 14.3. The van der Waals surface area contributed by atoms with E-state index in [0.717, 1.165) is 13.1 Å². The Morgan fingerprint density at radius 3 is 2.43 bits per heavy atom. The van der Waals surface area contributed by atoms with Crippen LogP contribution in [-0.4, -0.2) is 36.1 Å². The van der Waals surface area contributed by atoms with Crippen molar-refractivity contribution >= 4 is 11.3 Å². The summed E-state index contributed by atoms with van der Waals surface area (Å²) in [6.07, 6.45) is 6.76. The molecule has 1 aromatic heterocycles. The van der Waals surface area contributed by atoms with Crippen LogP contribution in [0.5, 0.6) is 0 Å². The highest BCUT2D eigenvalue weighted by Crippen LogP contribution is 2.31. The van der Waals surface area contributed by atoms with E-state index in [1.807, 2.05) is 0 Å². The molecule has 1 saturated carbocycles. The highest BCUT2D eigenvalue weighted by atomic mass is 32.1. The van der Waals surface area contributed by atoms with Gasteiger partial charge in [-0.1, -0.05) is 40.0 Å². The van der Waals surface area contributed by atoms with Crippen molar-refractivity contribution in [2.24, 2.45) is 0 Å². The highest BCUT2D eigenvalue weighted by Gasteiger charge is 2.33. The standard InChI is InChI=1S/C17H31N3S/c1-16(2,3)15-19-14(12-21-15)11-18-13-17(20(4)5)9-7-6-8-10-17/h12,18H,6-11,13H2,1-5H3. The van der Waals surface area contributed by atoms with E-state index in [1.54, 1.807) is 11.3 Å². The van der Waals surface area contributed by atoms with Crippen molar-refractivity contribution in [3.05, 3.63) is 16.1 Å². The molecule has 0 bridgehead atoms. The van der Waals surface area contributed by atoms with E-state index in [-0.39, 0.29) is 5.41 Å². The van der Waals surface area contributed by atoms with Crippen LogP contribution in [0.1, 0.15) is 63.6 Å². The largest absolute Gasteiger partial charge is 0.309 e. The molecule has 1 fully saturated rings. The van der Waals surface area contributed by atoms with E-state index in [0.29, 0.717) is 5.54 Å². The maximum absolute atomic E-state index is 4.77. The molecule has 1 aromatic rings. The Hall–Kier alpha value is -0.450. The topological polar surface area (TPSA) is 28.2 Å². The van der Waals surface area contributed by atoms with Gasteiger partial charge < -0.3 is 10.2 Å². The smallest absolute Gasteiger partial charge is 0.0982 e. The van der Waals surface area contributed by atoms with Crippen molar-refractivity contribution < 1.29 is 0 Å². The molecule has 0 amide bonds. The molecule has 0 unspecified atom stereocenters. The minimum Gasteiger partial charge on any atom is -0.309 e.